The van der Waals surface area contributed by atoms with Crippen LogP contribution in [-0.2, 0) is 0 Å². The van der Waals surface area contributed by atoms with Crippen molar-refractivity contribution in [2.45, 2.75) is 0 Å². The second kappa shape index (κ2) is 7.77. The maximum atomic E-state index is 14.0. The van der Waals surface area contributed by atoms with Gasteiger partial charge >= 0.3 is 0 Å². The number of nitrogens with zero attached hydrogens (tertiary/aromatic N) is 4. The van der Waals surface area contributed by atoms with E-state index in [1.54, 1.807) is 30.5 Å². The number of benzene rings is 2. The number of imidazole rings is 1. The fraction of sp³-hybridized carbons (Fsp3) is 0.182. The predicted molar refractivity (Wildman–Crippen MR) is 116 cm³/mol. The van der Waals surface area contributed by atoms with Crippen molar-refractivity contribution >= 4 is 22.8 Å². The Kier molecular flexibility index (Phi) is 4.79. The van der Waals surface area contributed by atoms with Gasteiger partial charge in [-0.1, -0.05) is 18.2 Å². The highest BCUT2D eigenvalue weighted by atomic mass is 19.1. The predicted octanol–water partition coefficient (Wildman–Crippen LogP) is 2.45. The van der Waals surface area contributed by atoms with Gasteiger partial charge in [0.2, 0.25) is 0 Å². The number of amides is 1. The Labute approximate surface area is 177 Å². The molecule has 5 rings (SSSR count). The van der Waals surface area contributed by atoms with E-state index >= 15 is 0 Å². The van der Waals surface area contributed by atoms with Crippen molar-refractivity contribution in [2.24, 2.45) is 0 Å². The van der Waals surface area contributed by atoms with Crippen molar-refractivity contribution in [3.63, 3.8) is 0 Å². The molecule has 2 aromatic heterocycles. The van der Waals surface area contributed by atoms with Crippen LogP contribution in [0.4, 0.5) is 10.2 Å². The van der Waals surface area contributed by atoms with Crippen molar-refractivity contribution in [1.82, 2.24) is 30.2 Å². The molecule has 9 heteroatoms. The number of halogens is 1. The third-order valence-electron chi connectivity index (χ3n) is 5.32. The molecule has 0 atom stereocenters. The highest BCUT2D eigenvalue weighted by Crippen LogP contribution is 2.27. The monoisotopic (exact) mass is 417 g/mol. The van der Waals surface area contributed by atoms with Gasteiger partial charge in [-0.25, -0.2) is 19.3 Å². The van der Waals surface area contributed by atoms with Crippen molar-refractivity contribution < 1.29 is 9.18 Å². The van der Waals surface area contributed by atoms with E-state index < -0.39 is 5.82 Å². The molecule has 0 unspecified atom stereocenters. The molecule has 1 saturated heterocycles. The minimum absolute atomic E-state index is 0.0152. The molecule has 1 aliphatic heterocycles. The fourth-order valence-electron chi connectivity index (χ4n) is 3.65. The van der Waals surface area contributed by atoms with E-state index in [-0.39, 0.29) is 11.7 Å². The number of aromatic nitrogens is 4. The molecule has 8 nitrogen and oxygen atoms in total. The quantitative estimate of drug-likeness (QED) is 0.472. The van der Waals surface area contributed by atoms with Crippen LogP contribution in [0.3, 0.4) is 0 Å². The summed E-state index contributed by atoms with van der Waals surface area (Å²) >= 11 is 0. The Morgan fingerprint density at radius 2 is 1.84 bits per heavy atom. The summed E-state index contributed by atoms with van der Waals surface area (Å²) in [5.74, 6) is 0.149. The molecule has 0 bridgehead atoms. The maximum Gasteiger partial charge on any atom is 0.253 e. The Morgan fingerprint density at radius 3 is 2.58 bits per heavy atom. The van der Waals surface area contributed by atoms with Gasteiger partial charge < -0.3 is 20.9 Å². The first-order chi connectivity index (χ1) is 15.1. The second-order valence-corrected chi connectivity index (χ2v) is 7.33. The minimum atomic E-state index is -0.399. The number of piperazine rings is 1. The molecule has 1 aliphatic rings. The molecule has 4 N–H and O–H groups in total. The number of fused-ring (bicyclic) bond motifs is 1. The van der Waals surface area contributed by atoms with Crippen molar-refractivity contribution in [3.05, 3.63) is 60.0 Å². The van der Waals surface area contributed by atoms with E-state index in [0.29, 0.717) is 46.9 Å². The number of carbonyl (C=O) groups is 1. The molecule has 1 fully saturated rings. The number of H-pyrrole nitrogens is 1. The smallest absolute Gasteiger partial charge is 0.253 e. The normalized spacial score (nSPS) is 14.2. The number of anilines is 1. The molecule has 2 aromatic carbocycles. The molecule has 31 heavy (non-hydrogen) atoms. The van der Waals surface area contributed by atoms with Crippen LogP contribution in [0, 0.1) is 5.82 Å². The number of aromatic amines is 1. The number of para-hydroxylation sites is 1. The average Bonchev–Trinajstić information content (AvgIpc) is 3.25. The second-order valence-electron chi connectivity index (χ2n) is 7.33. The van der Waals surface area contributed by atoms with E-state index in [1.165, 1.54) is 6.07 Å². The van der Waals surface area contributed by atoms with Gasteiger partial charge in [0.15, 0.2) is 11.6 Å². The van der Waals surface area contributed by atoms with E-state index in [4.69, 9.17) is 5.73 Å². The third-order valence-corrected chi connectivity index (χ3v) is 5.32. The number of carbonyl (C=O) groups excluding carboxylic acids is 1. The van der Waals surface area contributed by atoms with Crippen LogP contribution >= 0.6 is 0 Å². The van der Waals surface area contributed by atoms with Gasteiger partial charge in [0.05, 0.1) is 17.4 Å². The fourth-order valence-corrected chi connectivity index (χ4v) is 3.65. The topological polar surface area (TPSA) is 113 Å². The van der Waals surface area contributed by atoms with Crippen LogP contribution in [0.1, 0.15) is 10.4 Å². The van der Waals surface area contributed by atoms with E-state index in [9.17, 15) is 9.18 Å². The molecular weight excluding hydrogens is 397 g/mol. The van der Waals surface area contributed by atoms with Gasteiger partial charge in [-0.05, 0) is 24.3 Å². The van der Waals surface area contributed by atoms with Crippen LogP contribution < -0.4 is 11.1 Å². The zero-order valence-electron chi connectivity index (χ0n) is 16.6. The molecular formula is C22H20FN7O. The first-order valence-electron chi connectivity index (χ1n) is 9.98. The maximum absolute atomic E-state index is 14.0. The summed E-state index contributed by atoms with van der Waals surface area (Å²) < 4.78 is 14.0. The summed E-state index contributed by atoms with van der Waals surface area (Å²) in [4.78, 5) is 30.7. The number of hydrogen-bond acceptors (Lipinski definition) is 6. The highest BCUT2D eigenvalue weighted by Gasteiger charge is 2.18. The van der Waals surface area contributed by atoms with Crippen molar-refractivity contribution in [1.29, 1.82) is 0 Å². The standard InChI is InChI=1S/C22H20FN7O/c23-15-2-1-3-16-18(15)29-21(28-16)19-20(24)26-12-17(27-19)13-4-6-14(7-5-13)22(31)30-10-8-25-9-11-30/h1-7,12,25H,8-11H2,(H2,24,26)(H,28,29). The molecule has 1 amide bonds. The van der Waals surface area contributed by atoms with Gasteiger partial charge in [-0.2, -0.15) is 0 Å². The van der Waals surface area contributed by atoms with Crippen LogP contribution in [0.2, 0.25) is 0 Å². The zero-order valence-corrected chi connectivity index (χ0v) is 16.6. The highest BCUT2D eigenvalue weighted by molar-refractivity contribution is 5.94. The molecule has 4 aromatic rings. The third kappa shape index (κ3) is 3.59. The summed E-state index contributed by atoms with van der Waals surface area (Å²) in [6, 6.07) is 11.9. The largest absolute Gasteiger partial charge is 0.382 e. The summed E-state index contributed by atoms with van der Waals surface area (Å²) in [5.41, 5.74) is 9.13. The first kappa shape index (κ1) is 19.1. The molecule has 3 heterocycles. The number of nitrogen functional groups attached to an aromatic ring is 1. The number of nitrogens with two attached hydrogens (primary N) is 1. The van der Waals surface area contributed by atoms with Gasteiger partial charge in [0.1, 0.15) is 17.0 Å². The SMILES string of the molecule is Nc1ncc(-c2ccc(C(=O)N3CCNCC3)cc2)nc1-c1nc2cccc(F)c2[nH]1. The molecule has 0 radical (unpaired) electrons. The van der Waals surface area contributed by atoms with Crippen LogP contribution in [0.5, 0.6) is 0 Å². The van der Waals surface area contributed by atoms with E-state index in [1.807, 2.05) is 17.0 Å². The lowest BCUT2D eigenvalue weighted by Gasteiger charge is -2.27. The summed E-state index contributed by atoms with van der Waals surface area (Å²) in [5, 5.41) is 3.24. The van der Waals surface area contributed by atoms with E-state index in [2.05, 4.69) is 25.3 Å². The average molecular weight is 417 g/mol. The lowest BCUT2D eigenvalue weighted by atomic mass is 10.1. The minimum Gasteiger partial charge on any atom is -0.382 e. The lowest BCUT2D eigenvalue weighted by Crippen LogP contribution is -2.46. The molecule has 0 saturated carbocycles. The van der Waals surface area contributed by atoms with Gasteiger partial charge in [-0.3, -0.25) is 4.79 Å². The van der Waals surface area contributed by atoms with Crippen molar-refractivity contribution in [2.75, 3.05) is 31.9 Å². The molecule has 156 valence electrons. The molecule has 0 spiro atoms. The zero-order chi connectivity index (χ0) is 21.4. The van der Waals surface area contributed by atoms with Crippen LogP contribution in [-0.4, -0.2) is 56.9 Å². The Balaban J connectivity index is 1.45. The Hall–Kier alpha value is -3.85. The van der Waals surface area contributed by atoms with Gasteiger partial charge in [-0.15, -0.1) is 0 Å². The van der Waals surface area contributed by atoms with Crippen molar-refractivity contribution in [3.8, 4) is 22.8 Å². The lowest BCUT2D eigenvalue weighted by molar-refractivity contribution is 0.0736. The Bertz CT molecular complexity index is 1260. The summed E-state index contributed by atoms with van der Waals surface area (Å²) in [7, 11) is 0. The van der Waals surface area contributed by atoms with Gasteiger partial charge in [0, 0.05) is 37.3 Å². The van der Waals surface area contributed by atoms with E-state index in [0.717, 1.165) is 18.7 Å². The Morgan fingerprint density at radius 1 is 1.06 bits per heavy atom. The summed E-state index contributed by atoms with van der Waals surface area (Å²) in [6.07, 6.45) is 1.56. The number of hydrogen-bond donors (Lipinski definition) is 3. The first-order valence-corrected chi connectivity index (χ1v) is 9.98. The number of rotatable bonds is 3. The number of nitrogens with one attached hydrogen (secondary N) is 2. The van der Waals surface area contributed by atoms with Crippen LogP contribution in [0.25, 0.3) is 33.8 Å². The van der Waals surface area contributed by atoms with Crippen LogP contribution in [0.15, 0.2) is 48.7 Å². The molecule has 0 aliphatic carbocycles. The summed E-state index contributed by atoms with van der Waals surface area (Å²) in [6.45, 7) is 3.01. The van der Waals surface area contributed by atoms with Gasteiger partial charge in [0.25, 0.3) is 5.91 Å².